The van der Waals surface area contributed by atoms with Crippen molar-refractivity contribution < 1.29 is 14.3 Å². The number of nitrogens with one attached hydrogen (secondary N) is 2. The van der Waals surface area contributed by atoms with Gasteiger partial charge in [-0.1, -0.05) is 18.2 Å². The van der Waals surface area contributed by atoms with Gasteiger partial charge in [-0.3, -0.25) is 9.59 Å². The highest BCUT2D eigenvalue weighted by Gasteiger charge is 2.28. The second kappa shape index (κ2) is 7.09. The number of aryl methyl sites for hydroxylation is 2. The van der Waals surface area contributed by atoms with Crippen LogP contribution in [0.1, 0.15) is 34.1 Å². The molecule has 7 nitrogen and oxygen atoms in total. The first-order chi connectivity index (χ1) is 13.8. The number of aromatic nitrogens is 2. The molecule has 1 atom stereocenters. The minimum atomic E-state index is -0.662. The van der Waals surface area contributed by atoms with Crippen molar-refractivity contribution >= 4 is 23.2 Å². The minimum absolute atomic E-state index is 0.235. The van der Waals surface area contributed by atoms with Crippen LogP contribution in [0.3, 0.4) is 0 Å². The zero-order valence-electron chi connectivity index (χ0n) is 16.7. The molecule has 2 amide bonds. The molecule has 0 saturated heterocycles. The molecule has 1 aliphatic rings. The van der Waals surface area contributed by atoms with Crippen LogP contribution < -0.4 is 15.4 Å². The maximum Gasteiger partial charge on any atom is 0.265 e. The molecule has 148 valence electrons. The molecule has 0 radical (unpaired) electrons. The SMILES string of the molecule is Cc1ccc(C)c(-n2ncc(NC(=O)c3cccc4c3O[C@H](C)C(=O)N4)c2C)c1. The quantitative estimate of drug-likeness (QED) is 0.713. The van der Waals surface area contributed by atoms with Crippen molar-refractivity contribution in [1.82, 2.24) is 9.78 Å². The maximum atomic E-state index is 13.0. The predicted octanol–water partition coefficient (Wildman–Crippen LogP) is 3.77. The zero-order chi connectivity index (χ0) is 20.7. The van der Waals surface area contributed by atoms with E-state index in [1.165, 1.54) is 0 Å². The van der Waals surface area contributed by atoms with Gasteiger partial charge in [-0.05, 0) is 57.0 Å². The molecule has 0 spiro atoms. The van der Waals surface area contributed by atoms with Crippen LogP contribution in [-0.4, -0.2) is 27.7 Å². The first kappa shape index (κ1) is 18.7. The summed E-state index contributed by atoms with van der Waals surface area (Å²) in [5.41, 5.74) is 5.47. The summed E-state index contributed by atoms with van der Waals surface area (Å²) in [5, 5.41) is 10.1. The number of anilines is 2. The number of para-hydroxylation sites is 1. The van der Waals surface area contributed by atoms with Gasteiger partial charge in [-0.25, -0.2) is 4.68 Å². The third-order valence-corrected chi connectivity index (χ3v) is 5.03. The van der Waals surface area contributed by atoms with E-state index in [0.717, 1.165) is 22.5 Å². The highest BCUT2D eigenvalue weighted by atomic mass is 16.5. The molecule has 2 heterocycles. The lowest BCUT2D eigenvalue weighted by Crippen LogP contribution is -2.35. The first-order valence-corrected chi connectivity index (χ1v) is 9.39. The summed E-state index contributed by atoms with van der Waals surface area (Å²) in [4.78, 5) is 24.8. The first-order valence-electron chi connectivity index (χ1n) is 9.39. The van der Waals surface area contributed by atoms with Gasteiger partial charge in [0, 0.05) is 0 Å². The van der Waals surface area contributed by atoms with Crippen molar-refractivity contribution in [2.45, 2.75) is 33.8 Å². The van der Waals surface area contributed by atoms with Crippen molar-refractivity contribution in [2.75, 3.05) is 10.6 Å². The molecule has 2 N–H and O–H groups in total. The van der Waals surface area contributed by atoms with E-state index in [0.29, 0.717) is 22.7 Å². The van der Waals surface area contributed by atoms with Gasteiger partial charge in [0.15, 0.2) is 11.9 Å². The molecule has 2 aromatic carbocycles. The normalized spacial score (nSPS) is 15.3. The van der Waals surface area contributed by atoms with E-state index in [-0.39, 0.29) is 11.8 Å². The van der Waals surface area contributed by atoms with Crippen LogP contribution >= 0.6 is 0 Å². The van der Waals surface area contributed by atoms with Crippen LogP contribution in [0.25, 0.3) is 5.69 Å². The number of carbonyl (C=O) groups is 2. The Kier molecular flexibility index (Phi) is 4.58. The summed E-state index contributed by atoms with van der Waals surface area (Å²) >= 11 is 0. The number of rotatable bonds is 3. The fraction of sp³-hybridized carbons (Fsp3) is 0.227. The minimum Gasteiger partial charge on any atom is -0.478 e. The van der Waals surface area contributed by atoms with Crippen molar-refractivity contribution in [3.63, 3.8) is 0 Å². The average Bonchev–Trinajstić information content (AvgIpc) is 3.04. The number of fused-ring (bicyclic) bond motifs is 1. The molecule has 29 heavy (non-hydrogen) atoms. The third kappa shape index (κ3) is 3.35. The van der Waals surface area contributed by atoms with E-state index in [9.17, 15) is 9.59 Å². The van der Waals surface area contributed by atoms with Gasteiger partial charge < -0.3 is 15.4 Å². The number of hydrogen-bond donors (Lipinski definition) is 2. The van der Waals surface area contributed by atoms with Crippen LogP contribution in [0, 0.1) is 20.8 Å². The fourth-order valence-electron chi connectivity index (χ4n) is 3.32. The number of amides is 2. The summed E-state index contributed by atoms with van der Waals surface area (Å²) in [7, 11) is 0. The lowest BCUT2D eigenvalue weighted by molar-refractivity contribution is -0.122. The molecular weight excluding hydrogens is 368 g/mol. The number of benzene rings is 2. The standard InChI is InChI=1S/C22H22N4O3/c1-12-8-9-13(2)19(10-12)26-14(3)18(11-23-26)25-22(28)16-6-5-7-17-20(16)29-15(4)21(27)24-17/h5-11,15H,1-4H3,(H,24,27)(H,25,28)/t15-/m1/s1. The molecule has 0 bridgehead atoms. The Morgan fingerprint density at radius 2 is 2.00 bits per heavy atom. The van der Waals surface area contributed by atoms with Gasteiger partial charge in [-0.2, -0.15) is 5.10 Å². The fourth-order valence-corrected chi connectivity index (χ4v) is 3.32. The van der Waals surface area contributed by atoms with Gasteiger partial charge >= 0.3 is 0 Å². The van der Waals surface area contributed by atoms with Crippen LogP contribution in [0.15, 0.2) is 42.6 Å². The number of hydrogen-bond acceptors (Lipinski definition) is 4. The molecule has 0 fully saturated rings. The molecule has 0 aliphatic carbocycles. The summed E-state index contributed by atoms with van der Waals surface area (Å²) in [5.74, 6) is -0.189. The van der Waals surface area contributed by atoms with E-state index in [1.54, 1.807) is 31.3 Å². The largest absolute Gasteiger partial charge is 0.478 e. The predicted molar refractivity (Wildman–Crippen MR) is 111 cm³/mol. The number of nitrogens with zero attached hydrogens (tertiary/aromatic N) is 2. The van der Waals surface area contributed by atoms with Crippen LogP contribution in [-0.2, 0) is 4.79 Å². The summed E-state index contributed by atoms with van der Waals surface area (Å²) < 4.78 is 7.49. The monoisotopic (exact) mass is 390 g/mol. The van der Waals surface area contributed by atoms with E-state index in [4.69, 9.17) is 4.74 Å². The Morgan fingerprint density at radius 1 is 1.21 bits per heavy atom. The highest BCUT2D eigenvalue weighted by molar-refractivity contribution is 6.09. The van der Waals surface area contributed by atoms with E-state index >= 15 is 0 Å². The van der Waals surface area contributed by atoms with Crippen LogP contribution in [0.5, 0.6) is 5.75 Å². The molecule has 7 heteroatoms. The topological polar surface area (TPSA) is 85.2 Å². The van der Waals surface area contributed by atoms with Crippen LogP contribution in [0.4, 0.5) is 11.4 Å². The van der Waals surface area contributed by atoms with E-state index in [1.807, 2.05) is 31.5 Å². The second-order valence-corrected chi connectivity index (χ2v) is 7.23. The highest BCUT2D eigenvalue weighted by Crippen LogP contribution is 2.34. The molecular formula is C22H22N4O3. The summed E-state index contributed by atoms with van der Waals surface area (Å²) in [6.45, 7) is 7.61. The summed E-state index contributed by atoms with van der Waals surface area (Å²) in [6, 6.07) is 11.3. The molecule has 0 saturated carbocycles. The Hall–Kier alpha value is -3.61. The second-order valence-electron chi connectivity index (χ2n) is 7.23. The Bertz CT molecular complexity index is 1130. The van der Waals surface area contributed by atoms with Gasteiger partial charge in [0.25, 0.3) is 11.8 Å². The molecule has 4 rings (SSSR count). The summed E-state index contributed by atoms with van der Waals surface area (Å²) in [6.07, 6.45) is 0.973. The molecule has 0 unspecified atom stereocenters. The van der Waals surface area contributed by atoms with Crippen molar-refractivity contribution in [2.24, 2.45) is 0 Å². The smallest absolute Gasteiger partial charge is 0.265 e. The van der Waals surface area contributed by atoms with Gasteiger partial charge in [0.05, 0.1) is 34.5 Å². The van der Waals surface area contributed by atoms with E-state index in [2.05, 4.69) is 27.9 Å². The van der Waals surface area contributed by atoms with Gasteiger partial charge in [0.2, 0.25) is 0 Å². The lowest BCUT2D eigenvalue weighted by Gasteiger charge is -2.25. The van der Waals surface area contributed by atoms with Crippen LogP contribution in [0.2, 0.25) is 0 Å². The van der Waals surface area contributed by atoms with Crippen molar-refractivity contribution in [3.8, 4) is 11.4 Å². The van der Waals surface area contributed by atoms with E-state index < -0.39 is 6.10 Å². The lowest BCUT2D eigenvalue weighted by atomic mass is 10.1. The maximum absolute atomic E-state index is 13.0. The Balaban J connectivity index is 1.64. The van der Waals surface area contributed by atoms with Crippen molar-refractivity contribution in [3.05, 3.63) is 65.0 Å². The Labute approximate surface area is 168 Å². The van der Waals surface area contributed by atoms with Gasteiger partial charge in [0.1, 0.15) is 0 Å². The van der Waals surface area contributed by atoms with Crippen molar-refractivity contribution in [1.29, 1.82) is 0 Å². The zero-order valence-corrected chi connectivity index (χ0v) is 16.7. The Morgan fingerprint density at radius 3 is 2.79 bits per heavy atom. The number of carbonyl (C=O) groups excluding carboxylic acids is 2. The molecule has 1 aromatic heterocycles. The molecule has 3 aromatic rings. The third-order valence-electron chi connectivity index (χ3n) is 5.03. The number of ether oxygens (including phenoxy) is 1. The molecule has 1 aliphatic heterocycles. The average molecular weight is 390 g/mol. The van der Waals surface area contributed by atoms with Gasteiger partial charge in [-0.15, -0.1) is 0 Å².